The number of benzene rings is 4. The number of hydrogen-bond donors (Lipinski definition) is 2. The number of nitrogens with two attached hydrogens (primary N) is 1. The number of anilines is 3. The Kier molecular flexibility index (Phi) is 10.1. The zero-order valence-electron chi connectivity index (χ0n) is 26.8. The smallest absolute Gasteiger partial charge is 0.250 e. The Hall–Kier alpha value is -4.73. The lowest BCUT2D eigenvalue weighted by molar-refractivity contribution is -0.133. The maximum absolute atomic E-state index is 13.5. The molecule has 2 fully saturated rings. The number of hydrogen-bond acceptors (Lipinski definition) is 6. The van der Waals surface area contributed by atoms with Gasteiger partial charge in [0.1, 0.15) is 12.4 Å². The normalized spacial score (nSPS) is 14.6. The summed E-state index contributed by atoms with van der Waals surface area (Å²) < 4.78 is 18.6. The molecule has 0 radical (unpaired) electrons. The first-order valence-electron chi connectivity index (χ1n) is 16.2. The minimum Gasteiger partial charge on any atom is -0.375 e. The Morgan fingerprint density at radius 1 is 0.830 bits per heavy atom. The summed E-state index contributed by atoms with van der Waals surface area (Å²) in [6.07, 6.45) is 1.90. The van der Waals surface area contributed by atoms with E-state index in [0.29, 0.717) is 19.6 Å². The van der Waals surface area contributed by atoms with Gasteiger partial charge in [-0.2, -0.15) is 0 Å². The van der Waals surface area contributed by atoms with Gasteiger partial charge in [-0.15, -0.1) is 0 Å². The fourth-order valence-electron chi connectivity index (χ4n) is 6.21. The van der Waals surface area contributed by atoms with Gasteiger partial charge in [-0.3, -0.25) is 9.59 Å². The van der Waals surface area contributed by atoms with Gasteiger partial charge in [0.05, 0.1) is 11.4 Å². The van der Waals surface area contributed by atoms with Crippen molar-refractivity contribution in [2.45, 2.75) is 32.5 Å². The third-order valence-corrected chi connectivity index (χ3v) is 8.83. The topological polar surface area (TPSA) is 91.1 Å². The fourth-order valence-corrected chi connectivity index (χ4v) is 6.21. The van der Waals surface area contributed by atoms with Crippen LogP contribution in [0.5, 0.6) is 0 Å². The molecular formula is C38H42FN5O3. The summed E-state index contributed by atoms with van der Waals surface area (Å²) in [6, 6.07) is 29.1. The molecule has 47 heavy (non-hydrogen) atoms. The van der Waals surface area contributed by atoms with Crippen molar-refractivity contribution < 1.29 is 18.7 Å². The van der Waals surface area contributed by atoms with Crippen molar-refractivity contribution in [1.29, 1.82) is 0 Å². The van der Waals surface area contributed by atoms with Gasteiger partial charge >= 0.3 is 0 Å². The number of halogens is 1. The van der Waals surface area contributed by atoms with Crippen LogP contribution in [0.3, 0.4) is 0 Å². The number of rotatable bonds is 12. The molecule has 3 N–H and O–H groups in total. The summed E-state index contributed by atoms with van der Waals surface area (Å²) in [7, 11) is 1.50. The van der Waals surface area contributed by atoms with Crippen molar-refractivity contribution in [2.24, 2.45) is 11.7 Å². The molecule has 8 nitrogen and oxygen atoms in total. The number of piperazine rings is 1. The van der Waals surface area contributed by atoms with E-state index in [-0.39, 0.29) is 30.2 Å². The predicted molar refractivity (Wildman–Crippen MR) is 185 cm³/mol. The molecule has 4 aromatic carbocycles. The molecule has 4 aromatic rings. The van der Waals surface area contributed by atoms with Gasteiger partial charge in [-0.05, 0) is 83.1 Å². The van der Waals surface area contributed by atoms with E-state index in [2.05, 4.69) is 51.5 Å². The monoisotopic (exact) mass is 635 g/mol. The van der Waals surface area contributed by atoms with Crippen LogP contribution in [0.15, 0.2) is 91.0 Å². The van der Waals surface area contributed by atoms with Crippen molar-refractivity contribution in [2.75, 3.05) is 55.0 Å². The lowest BCUT2D eigenvalue weighted by atomic mass is 10.0. The number of carbonyl (C=O) groups excluding carboxylic acids is 2. The van der Waals surface area contributed by atoms with E-state index in [9.17, 15) is 14.0 Å². The molecule has 1 saturated carbocycles. The molecule has 0 bridgehead atoms. The zero-order chi connectivity index (χ0) is 32.8. The summed E-state index contributed by atoms with van der Waals surface area (Å²) >= 11 is 0. The molecule has 244 valence electrons. The van der Waals surface area contributed by atoms with E-state index in [1.54, 1.807) is 0 Å². The van der Waals surface area contributed by atoms with E-state index in [1.807, 2.05) is 47.4 Å². The molecule has 1 heterocycles. The van der Waals surface area contributed by atoms with E-state index in [1.165, 1.54) is 19.2 Å². The summed E-state index contributed by atoms with van der Waals surface area (Å²) in [6.45, 7) is 4.50. The number of amides is 2. The largest absolute Gasteiger partial charge is 0.375 e. The third kappa shape index (κ3) is 8.17. The van der Waals surface area contributed by atoms with Crippen LogP contribution in [0.25, 0.3) is 11.1 Å². The highest BCUT2D eigenvalue weighted by Crippen LogP contribution is 2.35. The molecule has 2 aliphatic rings. The molecule has 1 saturated heterocycles. The second-order valence-corrected chi connectivity index (χ2v) is 12.4. The molecule has 1 aliphatic heterocycles. The van der Waals surface area contributed by atoms with Crippen molar-refractivity contribution in [3.8, 4) is 11.1 Å². The lowest BCUT2D eigenvalue weighted by Crippen LogP contribution is -2.46. The molecule has 0 aromatic heterocycles. The van der Waals surface area contributed by atoms with Crippen LogP contribution in [0, 0.1) is 11.7 Å². The van der Waals surface area contributed by atoms with Gasteiger partial charge in [-0.1, -0.05) is 48.5 Å². The summed E-state index contributed by atoms with van der Waals surface area (Å²) in [5.41, 5.74) is 13.7. The number of nitrogens with zero attached hydrogens (tertiary/aromatic N) is 3. The van der Waals surface area contributed by atoms with Gasteiger partial charge in [0.15, 0.2) is 0 Å². The minimum atomic E-state index is -0.243. The molecule has 2 amide bonds. The van der Waals surface area contributed by atoms with Crippen LogP contribution in [-0.4, -0.2) is 56.6 Å². The fraction of sp³-hybridized carbons (Fsp3) is 0.316. The van der Waals surface area contributed by atoms with E-state index in [0.717, 1.165) is 83.9 Å². The summed E-state index contributed by atoms with van der Waals surface area (Å²) in [5.74, 6) is -0.163. The Morgan fingerprint density at radius 2 is 1.47 bits per heavy atom. The van der Waals surface area contributed by atoms with Crippen molar-refractivity contribution >= 4 is 28.9 Å². The third-order valence-electron chi connectivity index (χ3n) is 8.83. The van der Waals surface area contributed by atoms with E-state index >= 15 is 0 Å². The second-order valence-electron chi connectivity index (χ2n) is 12.4. The Morgan fingerprint density at radius 3 is 2.15 bits per heavy atom. The lowest BCUT2D eigenvalue weighted by Gasteiger charge is -2.38. The predicted octanol–water partition coefficient (Wildman–Crippen LogP) is 5.80. The molecule has 0 atom stereocenters. The first kappa shape index (κ1) is 32.2. The number of ether oxygens (including phenoxy) is 1. The standard InChI is InChI=1S/C38H42FN5O3/c1-47-26-37(45)41-35-22-32(10-15-36(35)43-18-16-42(17-19-43)34-13-11-33(39)12-14-34)31-7-3-6-29(21-31)25-44(38(46)30-8-9-30)24-28-5-2-4-27(20-28)23-40/h2-7,10-15,20-22,30H,8-9,16-19,23-26,40H2,1H3,(H,41,45). The van der Waals surface area contributed by atoms with Crippen LogP contribution in [0.2, 0.25) is 0 Å². The van der Waals surface area contributed by atoms with Crippen LogP contribution < -0.4 is 20.9 Å². The van der Waals surface area contributed by atoms with Gasteiger partial charge in [-0.25, -0.2) is 4.39 Å². The maximum Gasteiger partial charge on any atom is 0.250 e. The average Bonchev–Trinajstić information content (AvgIpc) is 3.94. The van der Waals surface area contributed by atoms with Crippen molar-refractivity contribution in [3.63, 3.8) is 0 Å². The SMILES string of the molecule is COCC(=O)Nc1cc(-c2cccc(CN(Cc3cccc(CN)c3)C(=O)C3CC3)c2)ccc1N1CCN(c2ccc(F)cc2)CC1. The molecular weight excluding hydrogens is 593 g/mol. The molecule has 0 unspecified atom stereocenters. The highest BCUT2D eigenvalue weighted by Gasteiger charge is 2.33. The minimum absolute atomic E-state index is 0.0451. The summed E-state index contributed by atoms with van der Waals surface area (Å²) in [4.78, 5) is 32.5. The van der Waals surface area contributed by atoms with Crippen molar-refractivity contribution in [1.82, 2.24) is 4.90 Å². The Balaban J connectivity index is 1.22. The highest BCUT2D eigenvalue weighted by molar-refractivity contribution is 5.96. The first-order chi connectivity index (χ1) is 22.9. The molecule has 6 rings (SSSR count). The van der Waals surface area contributed by atoms with Gasteiger partial charge in [0.2, 0.25) is 11.8 Å². The van der Waals surface area contributed by atoms with Crippen LogP contribution in [0.4, 0.5) is 21.5 Å². The first-order valence-corrected chi connectivity index (χ1v) is 16.2. The Labute approximate surface area is 275 Å². The maximum atomic E-state index is 13.5. The van der Waals surface area contributed by atoms with Gasteiger partial charge < -0.3 is 30.5 Å². The van der Waals surface area contributed by atoms with Gasteiger partial charge in [0, 0.05) is 64.5 Å². The zero-order valence-corrected chi connectivity index (χ0v) is 26.8. The van der Waals surface area contributed by atoms with E-state index in [4.69, 9.17) is 10.5 Å². The second kappa shape index (κ2) is 14.8. The summed E-state index contributed by atoms with van der Waals surface area (Å²) in [5, 5.41) is 3.06. The van der Waals surface area contributed by atoms with Gasteiger partial charge in [0.25, 0.3) is 0 Å². The number of methoxy groups -OCH3 is 1. The van der Waals surface area contributed by atoms with Crippen LogP contribution >= 0.6 is 0 Å². The quantitative estimate of drug-likeness (QED) is 0.205. The molecule has 1 aliphatic carbocycles. The Bertz CT molecular complexity index is 1700. The molecule has 0 spiro atoms. The number of carbonyl (C=O) groups is 2. The average molecular weight is 636 g/mol. The highest BCUT2D eigenvalue weighted by atomic mass is 19.1. The van der Waals surface area contributed by atoms with Crippen LogP contribution in [0.1, 0.15) is 29.5 Å². The number of nitrogens with one attached hydrogen (secondary N) is 1. The van der Waals surface area contributed by atoms with Crippen molar-refractivity contribution in [3.05, 3.63) is 114 Å². The molecule has 9 heteroatoms. The van der Waals surface area contributed by atoms with Crippen LogP contribution in [-0.2, 0) is 34.0 Å². The van der Waals surface area contributed by atoms with E-state index < -0.39 is 0 Å².